The molecule has 12 heterocycles. The normalized spacial score (nSPS) is 20.4. The van der Waals surface area contributed by atoms with E-state index in [0.717, 1.165) is 183 Å². The van der Waals surface area contributed by atoms with Crippen molar-refractivity contribution in [2.24, 2.45) is 5.92 Å². The van der Waals surface area contributed by atoms with Crippen LogP contribution in [0.4, 0.5) is 0 Å². The summed E-state index contributed by atoms with van der Waals surface area (Å²) in [5.74, 6) is 0.133. The van der Waals surface area contributed by atoms with Crippen molar-refractivity contribution >= 4 is 127 Å². The van der Waals surface area contributed by atoms with Crippen molar-refractivity contribution in [2.45, 2.75) is 284 Å². The summed E-state index contributed by atoms with van der Waals surface area (Å²) in [4.78, 5) is 175. The highest BCUT2D eigenvalue weighted by molar-refractivity contribution is 7.11. The first kappa shape index (κ1) is 102. The van der Waals surface area contributed by atoms with E-state index in [-0.39, 0.29) is 125 Å². The molecule has 1 aromatic carbocycles. The number of esters is 6. The number of nitrogens with one attached hydrogen (secondary N) is 6. The van der Waals surface area contributed by atoms with Gasteiger partial charge in [-0.15, -0.1) is 56.7 Å². The van der Waals surface area contributed by atoms with E-state index in [9.17, 15) is 57.5 Å². The zero-order valence-corrected chi connectivity index (χ0v) is 85.9. The van der Waals surface area contributed by atoms with Gasteiger partial charge in [0.25, 0.3) is 0 Å². The zero-order chi connectivity index (χ0) is 99.6. The molecule has 9 aliphatic rings. The number of ketones is 6. The fourth-order valence-corrected chi connectivity index (χ4v) is 25.7. The molecule has 11 aromatic heterocycles. The van der Waals surface area contributed by atoms with Crippen molar-refractivity contribution in [3.05, 3.63) is 283 Å². The van der Waals surface area contributed by atoms with Crippen LogP contribution in [-0.2, 0) is 78.1 Å². The van der Waals surface area contributed by atoms with Gasteiger partial charge in [0.05, 0.1) is 25.4 Å². The highest BCUT2D eigenvalue weighted by Crippen LogP contribution is 2.45. The van der Waals surface area contributed by atoms with Gasteiger partial charge in [-0.25, -0.2) is 28.8 Å². The number of fused-ring (bicyclic) bond motifs is 6. The number of hydrogen-bond donors (Lipinski definition) is 6. The van der Waals surface area contributed by atoms with E-state index >= 15 is 0 Å². The van der Waals surface area contributed by atoms with Gasteiger partial charge in [-0.2, -0.15) is 0 Å². The highest BCUT2D eigenvalue weighted by atomic mass is 32.1. The Hall–Kier alpha value is -11.8. The predicted octanol–water partition coefficient (Wildman–Crippen LogP) is 24.1. The number of carbonyl (C=O) groups excluding carboxylic acids is 12. The summed E-state index contributed by atoms with van der Waals surface area (Å²) in [5, 5.41) is 10.2. The van der Waals surface area contributed by atoms with Crippen molar-refractivity contribution in [3.8, 4) is 0 Å². The Balaban J connectivity index is 0.000000122. The first-order valence-corrected chi connectivity index (χ1v) is 53.9. The number of hydrogen-bond acceptors (Lipinski definition) is 24. The number of Topliss-reactive ketones (excluding diaryl/α,β-unsaturated/α-hetero) is 6. The fraction of sp³-hybridized carbons (Fsp3) is 0.441. The van der Waals surface area contributed by atoms with Gasteiger partial charge in [0, 0.05) is 167 Å². The van der Waals surface area contributed by atoms with E-state index in [1.54, 1.807) is 70.5 Å². The largest absolute Gasteiger partial charge is 0.461 e. The summed E-state index contributed by atoms with van der Waals surface area (Å²) in [5.41, 5.74) is 17.7. The number of H-pyrrole nitrogens is 6. The number of rotatable bonds is 21. The average molecular weight is 2010 g/mol. The monoisotopic (exact) mass is 2000 g/mol. The molecule has 3 fully saturated rings. The first-order chi connectivity index (χ1) is 68.0. The van der Waals surface area contributed by atoms with Crippen molar-refractivity contribution < 1.29 is 90.7 Å². The Morgan fingerprint density at radius 1 is 0.362 bits per heavy atom. The standard InChI is InChI=1S/C20H23NO3S.C19H21NO4S.C19H21NO3S.C18H21NO3S.C18H19NO3.C17H19NO3S/c1-11-5-3-6-16(11)24-20(23)19-12(2)18-14(21-19)9-13(10-15(18)22)17-7-4-8-25-17;1-11-17-14(8-12(9-15(17)21)16-5-3-7-25-16)20-18(11)19(22)24-10-13-4-2-6-23-13;1-11-17-14(9-12(10-15(17)21)16-7-4-8-24-16)20-18(11)19(22)23-13-5-2-3-6-13;1-3-6-12-16-13(19-17(12)18(21)22-4-2)9-11(10-14(16)20)15-7-5-8-23-15;1-3-22-18(21)17-11(2)16-14(19-17)9-13(10-15(16)20)12-7-5-4-6-8-12;1-9(2)21-17(20)16-10(3)15-12(18-16)7-11(8-13(15)19)14-5-4-6-22-14/h4,7-8,11,13,16,21H,3,5-6,9-10H2,1-2H3;3,5,7,12-13,20H,2,4,6,8-10H2,1H3;4,7-8,12-13,20H,2-3,5-6,9-10H2,1H3;5,7-8,11,19H,3-4,6,9-10H2,1-2H3;4-8,13,19H,3,9-10H2,1-2H3;4-6,9,11,18H,7-8H2,1-3H3. The molecular formula is C111H124N6O19S5. The molecule has 8 aliphatic carbocycles. The molecule has 6 N–H and O–H groups in total. The van der Waals surface area contributed by atoms with Gasteiger partial charge in [-0.05, 0) is 273 Å². The van der Waals surface area contributed by atoms with Crippen molar-refractivity contribution in [2.75, 3.05) is 26.4 Å². The summed E-state index contributed by atoms with van der Waals surface area (Å²) < 4.78 is 37.7. The Bertz CT molecular complexity index is 6520. The minimum Gasteiger partial charge on any atom is -0.461 e. The maximum absolute atomic E-state index is 12.7. The summed E-state index contributed by atoms with van der Waals surface area (Å²) >= 11 is 8.41. The molecule has 2 saturated carbocycles. The smallest absolute Gasteiger partial charge is 0.355 e. The molecule has 0 bridgehead atoms. The summed E-state index contributed by atoms with van der Waals surface area (Å²) in [6.45, 7) is 22.2. The minimum atomic E-state index is -0.400. The van der Waals surface area contributed by atoms with Crippen LogP contribution in [0, 0.1) is 40.5 Å². The third-order valence-corrected chi connectivity index (χ3v) is 33.6. The van der Waals surface area contributed by atoms with E-state index in [4.69, 9.17) is 33.2 Å². The van der Waals surface area contributed by atoms with E-state index in [1.807, 2.05) is 136 Å². The second-order valence-corrected chi connectivity index (χ2v) is 43.3. The van der Waals surface area contributed by atoms with Crippen LogP contribution in [0.5, 0.6) is 0 Å². The lowest BCUT2D eigenvalue weighted by molar-refractivity contribution is 0.0155. The van der Waals surface area contributed by atoms with Crippen LogP contribution in [0.15, 0.2) is 118 Å². The molecule has 0 amide bonds. The number of carbonyl (C=O) groups is 12. The van der Waals surface area contributed by atoms with Crippen LogP contribution in [0.25, 0.3) is 0 Å². The van der Waals surface area contributed by atoms with E-state index in [0.29, 0.717) is 131 Å². The maximum Gasteiger partial charge on any atom is 0.355 e. The number of aromatic nitrogens is 6. The fourth-order valence-electron chi connectivity index (χ4n) is 21.6. The van der Waals surface area contributed by atoms with E-state index < -0.39 is 11.9 Å². The third kappa shape index (κ3) is 23.1. The van der Waals surface area contributed by atoms with Crippen molar-refractivity contribution in [3.63, 3.8) is 0 Å². The van der Waals surface area contributed by atoms with Crippen molar-refractivity contribution in [1.29, 1.82) is 0 Å². The molecule has 0 spiro atoms. The number of ether oxygens (including phenoxy) is 7. The van der Waals surface area contributed by atoms with E-state index in [1.165, 1.54) is 24.4 Å². The maximum atomic E-state index is 12.7. The van der Waals surface area contributed by atoms with Crippen LogP contribution in [0.2, 0.25) is 0 Å². The molecule has 0 radical (unpaired) electrons. The number of thiophene rings is 5. The SMILES string of the molecule is CCCc1c(C(=O)OCC)[nH]c2c1C(=O)CC(c1cccs1)C2.CCOC(=O)c1[nH]c2c(c1C)C(=O)CC(c1ccccc1)C2.Cc1c(C(=O)OC(C)C)[nH]c2c1C(=O)CC(c1cccs1)C2.Cc1c(C(=O)OC2CCCC2)[nH]c2c1C(=O)CC(c1cccs1)C2.Cc1c(C(=O)OC2CCCC2C)[nH]c2c1C(=O)CC(c1cccs1)C2.Cc1c(C(=O)OCC2CCCO2)[nH]c2c1C(=O)CC(c1cccs1)C2. The Labute approximate surface area is 840 Å². The van der Waals surface area contributed by atoms with Crippen LogP contribution >= 0.6 is 56.7 Å². The molecule has 1 aliphatic heterocycles. The van der Waals surface area contributed by atoms with Gasteiger partial charge in [-0.1, -0.05) is 80.9 Å². The Kier molecular flexibility index (Phi) is 33.4. The second kappa shape index (κ2) is 46.1. The zero-order valence-electron chi connectivity index (χ0n) is 81.8. The Morgan fingerprint density at radius 3 is 1.05 bits per heavy atom. The lowest BCUT2D eigenvalue weighted by Gasteiger charge is -2.22. The topological polar surface area (TPSA) is 364 Å². The number of benzene rings is 1. The third-order valence-electron chi connectivity index (χ3n) is 28.4. The molecule has 30 heteroatoms. The van der Waals surface area contributed by atoms with Crippen molar-refractivity contribution in [1.82, 2.24) is 29.9 Å². The van der Waals surface area contributed by atoms with Gasteiger partial charge >= 0.3 is 35.8 Å². The van der Waals surface area contributed by atoms with Crippen LogP contribution in [0.1, 0.15) is 402 Å². The first-order valence-electron chi connectivity index (χ1n) is 49.5. The molecule has 12 aromatic rings. The molecule has 1 saturated heterocycles. The lowest BCUT2D eigenvalue weighted by atomic mass is 9.81. The van der Waals surface area contributed by atoms with Crippen LogP contribution < -0.4 is 0 Å². The molecule has 141 heavy (non-hydrogen) atoms. The Morgan fingerprint density at radius 2 is 0.702 bits per heavy atom. The summed E-state index contributed by atoms with van der Waals surface area (Å²) in [7, 11) is 0. The number of aromatic amines is 6. The minimum absolute atomic E-state index is 0.00122. The van der Waals surface area contributed by atoms with Crippen LogP contribution in [-0.4, -0.2) is 151 Å². The summed E-state index contributed by atoms with van der Waals surface area (Å²) in [6.07, 6.45) is 18.3. The van der Waals surface area contributed by atoms with Crippen LogP contribution in [0.3, 0.4) is 0 Å². The van der Waals surface area contributed by atoms with Gasteiger partial charge in [0.2, 0.25) is 0 Å². The molecule has 742 valence electrons. The predicted molar refractivity (Wildman–Crippen MR) is 544 cm³/mol. The van der Waals surface area contributed by atoms with E-state index in [2.05, 4.69) is 74.1 Å². The molecular weight excluding hydrogens is 1880 g/mol. The highest BCUT2D eigenvalue weighted by Gasteiger charge is 2.42. The average Bonchev–Trinajstić information content (AvgIpc) is 1.62. The molecule has 9 atom stereocenters. The molecule has 25 nitrogen and oxygen atoms in total. The van der Waals surface area contributed by atoms with Gasteiger partial charge in [0.15, 0.2) is 34.7 Å². The quantitative estimate of drug-likeness (QED) is 0.0287. The van der Waals surface area contributed by atoms with Gasteiger partial charge < -0.3 is 63.1 Å². The lowest BCUT2D eigenvalue weighted by Crippen LogP contribution is -2.21. The molecule has 9 unspecified atom stereocenters. The molecule has 21 rings (SSSR count). The van der Waals surface area contributed by atoms with Gasteiger partial charge in [0.1, 0.15) is 53.0 Å². The second-order valence-electron chi connectivity index (χ2n) is 38.4. The summed E-state index contributed by atoms with van der Waals surface area (Å²) in [6, 6.07) is 30.5. The van der Waals surface area contributed by atoms with Gasteiger partial charge in [-0.3, -0.25) is 28.8 Å².